The topological polar surface area (TPSA) is 85.1 Å². The summed E-state index contributed by atoms with van der Waals surface area (Å²) in [4.78, 5) is 24.7. The minimum Gasteiger partial charge on any atom is -0.353 e. The second-order valence-electron chi connectivity index (χ2n) is 3.47. The van der Waals surface area contributed by atoms with Crippen LogP contribution in [0.2, 0.25) is 0 Å². The fourth-order valence-electron chi connectivity index (χ4n) is 1.21. The van der Waals surface area contributed by atoms with Crippen LogP contribution in [-0.2, 0) is 4.79 Å². The third-order valence-electron chi connectivity index (χ3n) is 2.06. The molecule has 6 nitrogen and oxygen atoms in total. The van der Waals surface area contributed by atoms with Gasteiger partial charge < -0.3 is 5.32 Å². The van der Waals surface area contributed by atoms with Crippen LogP contribution in [0.25, 0.3) is 6.08 Å². The summed E-state index contributed by atoms with van der Waals surface area (Å²) in [5, 5.41) is 13.3. The van der Waals surface area contributed by atoms with Crippen molar-refractivity contribution in [3.05, 3.63) is 39.7 Å². The van der Waals surface area contributed by atoms with Crippen molar-refractivity contribution < 1.29 is 9.72 Å². The molecular formula is C11H13N3O3. The minimum absolute atomic E-state index is 0.00771. The Hall–Kier alpha value is -2.24. The van der Waals surface area contributed by atoms with Crippen molar-refractivity contribution in [3.63, 3.8) is 0 Å². The highest BCUT2D eigenvalue weighted by Crippen LogP contribution is 2.17. The van der Waals surface area contributed by atoms with Crippen molar-refractivity contribution >= 4 is 17.7 Å². The van der Waals surface area contributed by atoms with E-state index in [4.69, 9.17) is 0 Å². The van der Waals surface area contributed by atoms with Crippen molar-refractivity contribution in [2.24, 2.45) is 0 Å². The number of aromatic nitrogens is 1. The van der Waals surface area contributed by atoms with Crippen LogP contribution < -0.4 is 5.32 Å². The molecule has 1 rings (SSSR count). The maximum atomic E-state index is 10.7. The fourth-order valence-corrected chi connectivity index (χ4v) is 1.21. The molecule has 0 bridgehead atoms. The molecule has 0 fully saturated rings. The Morgan fingerprint density at radius 1 is 1.65 bits per heavy atom. The molecule has 0 saturated carbocycles. The number of nitrogens with zero attached hydrogens (tertiary/aromatic N) is 2. The van der Waals surface area contributed by atoms with Gasteiger partial charge in [0.25, 0.3) is 5.69 Å². The van der Waals surface area contributed by atoms with Gasteiger partial charge in [0.1, 0.15) is 5.69 Å². The van der Waals surface area contributed by atoms with Crippen LogP contribution in [0.15, 0.2) is 18.3 Å². The Balaban J connectivity index is 2.75. The van der Waals surface area contributed by atoms with Crippen molar-refractivity contribution in [2.75, 3.05) is 6.54 Å². The van der Waals surface area contributed by atoms with Gasteiger partial charge in [-0.25, -0.2) is 0 Å². The molecule has 0 aromatic carbocycles. The van der Waals surface area contributed by atoms with E-state index in [1.54, 1.807) is 25.3 Å². The number of rotatable bonds is 4. The monoisotopic (exact) mass is 235 g/mol. The lowest BCUT2D eigenvalue weighted by atomic mass is 10.2. The molecular weight excluding hydrogens is 222 g/mol. The molecule has 0 unspecified atom stereocenters. The van der Waals surface area contributed by atoms with E-state index in [9.17, 15) is 14.9 Å². The van der Waals surface area contributed by atoms with Crippen LogP contribution in [0.5, 0.6) is 0 Å². The fraction of sp³-hybridized carbons (Fsp3) is 0.273. The number of nitro groups is 1. The summed E-state index contributed by atoms with van der Waals surface area (Å²) in [5.41, 5.74) is 1.01. The van der Waals surface area contributed by atoms with Gasteiger partial charge in [-0.3, -0.25) is 19.9 Å². The maximum Gasteiger partial charge on any atom is 0.291 e. The second kappa shape index (κ2) is 5.74. The number of amides is 1. The normalized spacial score (nSPS) is 10.5. The first-order chi connectivity index (χ1) is 8.00. The number of hydrogen-bond donors (Lipinski definition) is 1. The van der Waals surface area contributed by atoms with Crippen LogP contribution in [-0.4, -0.2) is 22.4 Å². The average molecular weight is 235 g/mol. The molecule has 0 spiro atoms. The largest absolute Gasteiger partial charge is 0.353 e. The van der Waals surface area contributed by atoms with E-state index < -0.39 is 4.92 Å². The average Bonchev–Trinajstić information content (AvgIpc) is 2.25. The van der Waals surface area contributed by atoms with Gasteiger partial charge in [-0.1, -0.05) is 12.2 Å². The first-order valence-corrected chi connectivity index (χ1v) is 5.02. The summed E-state index contributed by atoms with van der Waals surface area (Å²) in [6.45, 7) is 3.39. The van der Waals surface area contributed by atoms with Gasteiger partial charge in [0.15, 0.2) is 0 Å². The number of pyridine rings is 1. The molecule has 1 aromatic heterocycles. The summed E-state index contributed by atoms with van der Waals surface area (Å²) in [5.74, 6) is -0.123. The SMILES string of the molecule is CC(=O)NCC=Cc1cnc(C)c([N+](=O)[O-])c1. The Morgan fingerprint density at radius 3 is 2.94 bits per heavy atom. The summed E-state index contributed by atoms with van der Waals surface area (Å²) < 4.78 is 0. The summed E-state index contributed by atoms with van der Waals surface area (Å²) in [6, 6.07) is 1.45. The molecule has 6 heteroatoms. The highest BCUT2D eigenvalue weighted by Gasteiger charge is 2.10. The number of hydrogen-bond acceptors (Lipinski definition) is 4. The Morgan fingerprint density at radius 2 is 2.35 bits per heavy atom. The number of nitrogens with one attached hydrogen (secondary N) is 1. The third-order valence-corrected chi connectivity index (χ3v) is 2.06. The number of aryl methyl sites for hydroxylation is 1. The molecule has 17 heavy (non-hydrogen) atoms. The molecule has 1 heterocycles. The lowest BCUT2D eigenvalue weighted by Crippen LogP contribution is -2.19. The second-order valence-corrected chi connectivity index (χ2v) is 3.47. The molecule has 0 aliphatic carbocycles. The van der Waals surface area contributed by atoms with E-state index in [0.717, 1.165) is 0 Å². The quantitative estimate of drug-likeness (QED) is 0.632. The van der Waals surface area contributed by atoms with Crippen LogP contribution in [0.3, 0.4) is 0 Å². The van der Waals surface area contributed by atoms with Gasteiger partial charge in [-0.2, -0.15) is 0 Å². The minimum atomic E-state index is -0.465. The maximum absolute atomic E-state index is 10.7. The molecule has 1 aromatic rings. The zero-order valence-electron chi connectivity index (χ0n) is 9.64. The van der Waals surface area contributed by atoms with Gasteiger partial charge in [0.05, 0.1) is 4.92 Å². The number of carbonyl (C=O) groups is 1. The zero-order valence-corrected chi connectivity index (χ0v) is 9.64. The highest BCUT2D eigenvalue weighted by atomic mass is 16.6. The molecule has 1 amide bonds. The Kier molecular flexibility index (Phi) is 4.33. The summed E-state index contributed by atoms with van der Waals surface area (Å²) in [7, 11) is 0. The van der Waals surface area contributed by atoms with Crippen molar-refractivity contribution in [2.45, 2.75) is 13.8 Å². The van der Waals surface area contributed by atoms with Crippen molar-refractivity contribution in [1.82, 2.24) is 10.3 Å². The van der Waals surface area contributed by atoms with E-state index in [2.05, 4.69) is 10.3 Å². The van der Waals surface area contributed by atoms with E-state index in [1.807, 2.05) is 0 Å². The number of carbonyl (C=O) groups excluding carboxylic acids is 1. The van der Waals surface area contributed by atoms with Gasteiger partial charge in [-0.15, -0.1) is 0 Å². The van der Waals surface area contributed by atoms with E-state index in [1.165, 1.54) is 13.0 Å². The highest BCUT2D eigenvalue weighted by molar-refractivity contribution is 5.73. The van der Waals surface area contributed by atoms with Crippen LogP contribution in [0.1, 0.15) is 18.2 Å². The molecule has 1 N–H and O–H groups in total. The molecule has 0 saturated heterocycles. The predicted octanol–water partition coefficient (Wildman–Crippen LogP) is 1.45. The van der Waals surface area contributed by atoms with Crippen molar-refractivity contribution in [1.29, 1.82) is 0 Å². The Bertz CT molecular complexity index is 469. The molecule has 0 radical (unpaired) electrons. The summed E-state index contributed by atoms with van der Waals surface area (Å²) >= 11 is 0. The predicted molar refractivity (Wildman–Crippen MR) is 63.3 cm³/mol. The zero-order chi connectivity index (χ0) is 12.8. The Labute approximate surface area is 98.5 Å². The summed E-state index contributed by atoms with van der Waals surface area (Å²) in [6.07, 6.45) is 4.93. The van der Waals surface area contributed by atoms with E-state index in [-0.39, 0.29) is 11.6 Å². The van der Waals surface area contributed by atoms with Gasteiger partial charge in [0, 0.05) is 25.7 Å². The van der Waals surface area contributed by atoms with E-state index in [0.29, 0.717) is 17.8 Å². The van der Waals surface area contributed by atoms with Crippen molar-refractivity contribution in [3.8, 4) is 0 Å². The molecule has 0 aliphatic heterocycles. The van der Waals surface area contributed by atoms with Crippen LogP contribution >= 0.6 is 0 Å². The first-order valence-electron chi connectivity index (χ1n) is 5.02. The van der Waals surface area contributed by atoms with Crippen LogP contribution in [0.4, 0.5) is 5.69 Å². The lowest BCUT2D eigenvalue weighted by molar-refractivity contribution is -0.385. The third kappa shape index (κ3) is 4.02. The standard InChI is InChI=1S/C11H13N3O3/c1-8-11(14(16)17)6-10(7-13-8)4-3-5-12-9(2)15/h3-4,6-7H,5H2,1-2H3,(H,12,15). The van der Waals surface area contributed by atoms with Gasteiger partial charge in [-0.05, 0) is 12.5 Å². The van der Waals surface area contributed by atoms with Gasteiger partial charge >= 0.3 is 0 Å². The van der Waals surface area contributed by atoms with Crippen LogP contribution in [0, 0.1) is 17.0 Å². The first kappa shape index (κ1) is 12.8. The van der Waals surface area contributed by atoms with Gasteiger partial charge in [0.2, 0.25) is 5.91 Å². The molecule has 90 valence electrons. The lowest BCUT2D eigenvalue weighted by Gasteiger charge is -1.98. The smallest absolute Gasteiger partial charge is 0.291 e. The molecule has 0 aliphatic rings. The molecule has 0 atom stereocenters. The van der Waals surface area contributed by atoms with E-state index >= 15 is 0 Å².